The zero-order valence-electron chi connectivity index (χ0n) is 17.3. The Labute approximate surface area is 169 Å². The fraction of sp³-hybridized carbons (Fsp3) is 0.727. The van der Waals surface area contributed by atoms with Crippen molar-refractivity contribution in [3.05, 3.63) is 29.3 Å². The van der Waals surface area contributed by atoms with Gasteiger partial charge < -0.3 is 5.11 Å². The average molecular weight is 407 g/mol. The minimum absolute atomic E-state index is 0.249. The molecule has 5 nitrogen and oxygen atoms in total. The van der Waals surface area contributed by atoms with Crippen LogP contribution < -0.4 is 0 Å². The number of hydrogen-bond donors (Lipinski definition) is 1. The normalized spacial score (nSPS) is 25.5. The Morgan fingerprint density at radius 3 is 2.25 bits per heavy atom. The number of aryl methyl sites for hydroxylation is 2. The van der Waals surface area contributed by atoms with Crippen LogP contribution in [0.2, 0.25) is 0 Å². The van der Waals surface area contributed by atoms with Gasteiger partial charge in [0.1, 0.15) is 0 Å². The number of hydrogen-bond acceptors (Lipinski definition) is 4. The van der Waals surface area contributed by atoms with Crippen molar-refractivity contribution in [2.75, 3.05) is 32.7 Å². The Kier molecular flexibility index (Phi) is 5.36. The van der Waals surface area contributed by atoms with Crippen molar-refractivity contribution in [2.24, 2.45) is 5.41 Å². The molecular weight excluding hydrogens is 372 g/mol. The molecule has 6 heteroatoms. The van der Waals surface area contributed by atoms with Gasteiger partial charge in [0.2, 0.25) is 10.0 Å². The first kappa shape index (κ1) is 20.3. The third-order valence-electron chi connectivity index (χ3n) is 7.15. The number of nitrogens with zero attached hydrogens (tertiary/aromatic N) is 2. The van der Waals surface area contributed by atoms with Gasteiger partial charge in [-0.2, -0.15) is 4.31 Å². The van der Waals surface area contributed by atoms with Crippen LogP contribution in [0.1, 0.15) is 56.1 Å². The van der Waals surface area contributed by atoms with Crippen LogP contribution in [0.15, 0.2) is 23.1 Å². The van der Waals surface area contributed by atoms with Crippen LogP contribution >= 0.6 is 0 Å². The first-order valence-electron chi connectivity index (χ1n) is 10.7. The number of likely N-dealkylation sites (tertiary alicyclic amines) is 1. The standard InChI is InChI=1S/C22H34N2O3S/c1-18-6-7-20(19(2)14-18)28(26,27)24-12-10-21(11-13-24)15-23(16-21)17-22(25)8-4-3-5-9-22/h6-7,14,25H,3-5,8-13,15-17H2,1-2H3. The number of rotatable bonds is 4. The lowest BCUT2D eigenvalue weighted by Crippen LogP contribution is -2.63. The second-order valence-electron chi connectivity index (χ2n) is 9.60. The zero-order valence-corrected chi connectivity index (χ0v) is 18.1. The highest BCUT2D eigenvalue weighted by Gasteiger charge is 2.48. The van der Waals surface area contributed by atoms with Gasteiger partial charge in [0.15, 0.2) is 0 Å². The SMILES string of the molecule is Cc1ccc(S(=O)(=O)N2CCC3(CC2)CN(CC2(O)CCCCC2)C3)c(C)c1. The lowest BCUT2D eigenvalue weighted by molar-refractivity contribution is -0.0954. The molecule has 0 aromatic heterocycles. The molecule has 0 radical (unpaired) electrons. The lowest BCUT2D eigenvalue weighted by Gasteiger charge is -2.55. The van der Waals surface area contributed by atoms with Crippen LogP contribution in [-0.4, -0.2) is 61.1 Å². The van der Waals surface area contributed by atoms with E-state index in [2.05, 4.69) is 4.90 Å². The molecule has 0 bridgehead atoms. The maximum Gasteiger partial charge on any atom is 0.243 e. The Morgan fingerprint density at radius 1 is 1.00 bits per heavy atom. The predicted octanol–water partition coefficient (Wildman–Crippen LogP) is 3.09. The number of aliphatic hydroxyl groups is 1. The summed E-state index contributed by atoms with van der Waals surface area (Å²) < 4.78 is 27.9. The summed E-state index contributed by atoms with van der Waals surface area (Å²) in [6.45, 7) is 7.88. The molecular formula is C22H34N2O3S. The quantitative estimate of drug-likeness (QED) is 0.835. The topological polar surface area (TPSA) is 60.9 Å². The van der Waals surface area contributed by atoms with E-state index in [0.717, 1.165) is 69.3 Å². The monoisotopic (exact) mass is 406 g/mol. The molecule has 1 aliphatic carbocycles. The van der Waals surface area contributed by atoms with Gasteiger partial charge in [0.25, 0.3) is 0 Å². The molecule has 0 unspecified atom stereocenters. The lowest BCUT2D eigenvalue weighted by atomic mass is 9.71. The second-order valence-corrected chi connectivity index (χ2v) is 11.5. The largest absolute Gasteiger partial charge is 0.389 e. The summed E-state index contributed by atoms with van der Waals surface area (Å²) in [4.78, 5) is 2.84. The molecule has 28 heavy (non-hydrogen) atoms. The Balaban J connectivity index is 1.34. The summed E-state index contributed by atoms with van der Waals surface area (Å²) in [6.07, 6.45) is 7.23. The van der Waals surface area contributed by atoms with Crippen LogP contribution in [0, 0.1) is 19.3 Å². The van der Waals surface area contributed by atoms with Crippen molar-refractivity contribution in [1.82, 2.24) is 9.21 Å². The van der Waals surface area contributed by atoms with E-state index in [0.29, 0.717) is 18.0 Å². The smallest absolute Gasteiger partial charge is 0.243 e. The molecule has 1 N–H and O–H groups in total. The van der Waals surface area contributed by atoms with Crippen LogP contribution in [0.4, 0.5) is 0 Å². The Morgan fingerprint density at radius 2 is 1.64 bits per heavy atom. The van der Waals surface area contributed by atoms with E-state index in [1.807, 2.05) is 26.0 Å². The third-order valence-corrected chi connectivity index (χ3v) is 9.21. The second kappa shape index (κ2) is 7.38. The molecule has 2 aliphatic heterocycles. The maximum absolute atomic E-state index is 13.1. The van der Waals surface area contributed by atoms with Crippen molar-refractivity contribution < 1.29 is 13.5 Å². The minimum atomic E-state index is -3.41. The maximum atomic E-state index is 13.1. The summed E-state index contributed by atoms with van der Waals surface area (Å²) in [5, 5.41) is 10.8. The number of sulfonamides is 1. The van der Waals surface area contributed by atoms with Crippen molar-refractivity contribution in [3.8, 4) is 0 Å². The summed E-state index contributed by atoms with van der Waals surface area (Å²) in [5.41, 5.74) is 1.67. The van der Waals surface area contributed by atoms with Crippen molar-refractivity contribution in [3.63, 3.8) is 0 Å². The van der Waals surface area contributed by atoms with Crippen molar-refractivity contribution in [1.29, 1.82) is 0 Å². The van der Waals surface area contributed by atoms with E-state index < -0.39 is 15.6 Å². The highest BCUT2D eigenvalue weighted by molar-refractivity contribution is 7.89. The van der Waals surface area contributed by atoms with Crippen LogP contribution in [0.25, 0.3) is 0 Å². The molecule has 1 aromatic carbocycles. The van der Waals surface area contributed by atoms with Gasteiger partial charge in [-0.1, -0.05) is 37.0 Å². The van der Waals surface area contributed by atoms with E-state index in [1.165, 1.54) is 6.42 Å². The minimum Gasteiger partial charge on any atom is -0.389 e. The van der Waals surface area contributed by atoms with Gasteiger partial charge in [0.05, 0.1) is 10.5 Å². The molecule has 4 rings (SSSR count). The molecule has 156 valence electrons. The Bertz CT molecular complexity index is 814. The molecule has 1 saturated carbocycles. The van der Waals surface area contributed by atoms with Gasteiger partial charge >= 0.3 is 0 Å². The summed E-state index contributed by atoms with van der Waals surface area (Å²) in [7, 11) is -3.41. The van der Waals surface area contributed by atoms with Gasteiger partial charge in [-0.25, -0.2) is 8.42 Å². The summed E-state index contributed by atoms with van der Waals surface area (Å²) in [6, 6.07) is 5.57. The summed E-state index contributed by atoms with van der Waals surface area (Å²) in [5.74, 6) is 0. The molecule has 2 heterocycles. The van der Waals surface area contributed by atoms with Gasteiger partial charge in [0, 0.05) is 32.7 Å². The highest BCUT2D eigenvalue weighted by Crippen LogP contribution is 2.43. The zero-order chi connectivity index (χ0) is 20.0. The van der Waals surface area contributed by atoms with Crippen molar-refractivity contribution in [2.45, 2.75) is 69.3 Å². The number of β-amino-alcohol motifs (C(OH)–C–C–N with tert-alkyl or cyclic N) is 1. The number of benzene rings is 1. The van der Waals surface area contributed by atoms with Crippen molar-refractivity contribution >= 4 is 10.0 Å². The van der Waals surface area contributed by atoms with E-state index in [1.54, 1.807) is 10.4 Å². The fourth-order valence-electron chi connectivity index (χ4n) is 5.54. The average Bonchev–Trinajstić information content (AvgIpc) is 2.61. The predicted molar refractivity (Wildman–Crippen MR) is 111 cm³/mol. The molecule has 0 amide bonds. The highest BCUT2D eigenvalue weighted by atomic mass is 32.2. The van der Waals surface area contributed by atoms with Crippen LogP contribution in [0.3, 0.4) is 0 Å². The first-order chi connectivity index (χ1) is 13.2. The van der Waals surface area contributed by atoms with E-state index in [4.69, 9.17) is 0 Å². The van der Waals surface area contributed by atoms with Gasteiger partial charge in [-0.3, -0.25) is 4.90 Å². The third kappa shape index (κ3) is 3.89. The molecule has 0 atom stereocenters. The first-order valence-corrected chi connectivity index (χ1v) is 12.2. The van der Waals surface area contributed by atoms with Gasteiger partial charge in [-0.15, -0.1) is 0 Å². The number of piperidine rings is 1. The molecule has 2 saturated heterocycles. The van der Waals surface area contributed by atoms with Crippen LogP contribution in [0.5, 0.6) is 0 Å². The molecule has 1 spiro atoms. The van der Waals surface area contributed by atoms with Gasteiger partial charge in [-0.05, 0) is 56.6 Å². The molecule has 3 fully saturated rings. The summed E-state index contributed by atoms with van der Waals surface area (Å²) >= 11 is 0. The van der Waals surface area contributed by atoms with Crippen LogP contribution in [-0.2, 0) is 10.0 Å². The Hall–Kier alpha value is -0.950. The van der Waals surface area contributed by atoms with E-state index >= 15 is 0 Å². The van der Waals surface area contributed by atoms with E-state index in [9.17, 15) is 13.5 Å². The fourth-order valence-corrected chi connectivity index (χ4v) is 7.19. The molecule has 3 aliphatic rings. The molecule has 1 aromatic rings. The van der Waals surface area contributed by atoms with E-state index in [-0.39, 0.29) is 5.41 Å².